The minimum absolute atomic E-state index is 0.0271. The Hall–Kier alpha value is -3.08. The Morgan fingerprint density at radius 3 is 2.26 bits per heavy atom. The predicted molar refractivity (Wildman–Crippen MR) is 134 cm³/mol. The van der Waals surface area contributed by atoms with Crippen LogP contribution in [0.2, 0.25) is 0 Å². The van der Waals surface area contributed by atoms with Crippen LogP contribution >= 0.6 is 11.8 Å². The molecule has 0 radical (unpaired) electrons. The number of Topliss-reactive ketones (excluding diaryl/α,β-unsaturated/α-hetero) is 1. The van der Waals surface area contributed by atoms with Gasteiger partial charge in [-0.25, -0.2) is 0 Å². The highest BCUT2D eigenvalue weighted by molar-refractivity contribution is 8.00. The van der Waals surface area contributed by atoms with Crippen molar-refractivity contribution < 1.29 is 57.6 Å². The van der Waals surface area contributed by atoms with Gasteiger partial charge in [0.05, 0.1) is 56.8 Å². The molecule has 4 N–H and O–H groups in total. The third-order valence-electron chi connectivity index (χ3n) is 5.56. The van der Waals surface area contributed by atoms with Crippen LogP contribution in [0.3, 0.4) is 0 Å². The van der Waals surface area contributed by atoms with Crippen molar-refractivity contribution in [1.82, 2.24) is 10.2 Å². The number of nitrogens with two attached hydrogens (primary N) is 1. The number of carboxylic acid groups (broad SMARTS) is 1. The maximum Gasteiger partial charge on any atom is 0.320 e. The topological polar surface area (TPSA) is 218 Å². The number of ketones is 1. The number of hydrogen-bond donors (Lipinski definition) is 3. The maximum absolute atomic E-state index is 12.9. The Kier molecular flexibility index (Phi) is 16.6. The number of carboxylic acids is 1. The number of ether oxygens (including phenoxy) is 4. The third kappa shape index (κ3) is 12.5. The van der Waals surface area contributed by atoms with Gasteiger partial charge in [0.15, 0.2) is 5.78 Å². The monoisotopic (exact) mass is 577 g/mol. The number of nitrogens with zero attached hydrogens (tertiary/aromatic N) is 1. The van der Waals surface area contributed by atoms with Crippen molar-refractivity contribution >= 4 is 54.2 Å². The Morgan fingerprint density at radius 1 is 1.00 bits per heavy atom. The maximum atomic E-state index is 12.9. The number of aliphatic carboxylic acids is 1. The average Bonchev–Trinajstić information content (AvgIpc) is 3.10. The SMILES string of the molecule is CC1C(=O)N(CCOCCOCCOC=O)C(=O)C1SCC(NC(=O)CCC(N)C(=O)O)C(=O)CCOC=O. The highest BCUT2D eigenvalue weighted by atomic mass is 32.2. The fourth-order valence-corrected chi connectivity index (χ4v) is 4.74. The minimum atomic E-state index is -1.26. The average molecular weight is 578 g/mol. The summed E-state index contributed by atoms with van der Waals surface area (Å²) in [6, 6.07) is -2.31. The molecule has 16 heteroatoms. The first-order valence-electron chi connectivity index (χ1n) is 12.2. The van der Waals surface area contributed by atoms with E-state index in [1.807, 2.05) is 0 Å². The zero-order chi connectivity index (χ0) is 29.2. The molecule has 0 saturated carbocycles. The van der Waals surface area contributed by atoms with Gasteiger partial charge in [-0.2, -0.15) is 0 Å². The zero-order valence-electron chi connectivity index (χ0n) is 21.6. The second kappa shape index (κ2) is 19.1. The van der Waals surface area contributed by atoms with E-state index in [2.05, 4.69) is 14.8 Å². The smallest absolute Gasteiger partial charge is 0.320 e. The predicted octanol–water partition coefficient (Wildman–Crippen LogP) is -1.89. The van der Waals surface area contributed by atoms with Crippen LogP contribution < -0.4 is 11.1 Å². The second-order valence-corrected chi connectivity index (χ2v) is 9.52. The molecule has 1 aliphatic heterocycles. The first kappa shape index (κ1) is 33.9. The number of carbonyl (C=O) groups excluding carboxylic acids is 6. The highest BCUT2D eigenvalue weighted by Gasteiger charge is 2.45. The van der Waals surface area contributed by atoms with E-state index in [1.54, 1.807) is 6.92 Å². The molecule has 0 aromatic carbocycles. The summed E-state index contributed by atoms with van der Waals surface area (Å²) < 4.78 is 19.6. The van der Waals surface area contributed by atoms with Gasteiger partial charge < -0.3 is 35.1 Å². The molecule has 15 nitrogen and oxygen atoms in total. The quantitative estimate of drug-likeness (QED) is 0.0687. The number of rotatable bonds is 23. The number of likely N-dealkylation sites (tertiary alicyclic amines) is 1. The molecule has 0 aliphatic carbocycles. The summed E-state index contributed by atoms with van der Waals surface area (Å²) in [5.41, 5.74) is 5.41. The number of amides is 3. The molecule has 0 bridgehead atoms. The van der Waals surface area contributed by atoms with Crippen molar-refractivity contribution in [1.29, 1.82) is 0 Å². The van der Waals surface area contributed by atoms with Gasteiger partial charge in [0.1, 0.15) is 12.6 Å². The number of nitrogens with one attached hydrogen (secondary N) is 1. The lowest BCUT2D eigenvalue weighted by Crippen LogP contribution is -2.44. The van der Waals surface area contributed by atoms with Gasteiger partial charge in [-0.3, -0.25) is 38.5 Å². The molecule has 0 spiro atoms. The van der Waals surface area contributed by atoms with E-state index >= 15 is 0 Å². The van der Waals surface area contributed by atoms with Gasteiger partial charge in [0.2, 0.25) is 17.7 Å². The van der Waals surface area contributed by atoms with Gasteiger partial charge >= 0.3 is 5.97 Å². The number of imide groups is 1. The van der Waals surface area contributed by atoms with Crippen molar-refractivity contribution in [2.45, 2.75) is 43.5 Å². The Morgan fingerprint density at radius 2 is 1.62 bits per heavy atom. The van der Waals surface area contributed by atoms with Crippen LogP contribution in [0, 0.1) is 5.92 Å². The van der Waals surface area contributed by atoms with E-state index in [-0.39, 0.29) is 77.7 Å². The summed E-state index contributed by atoms with van der Waals surface area (Å²) in [7, 11) is 0. The molecule has 39 heavy (non-hydrogen) atoms. The van der Waals surface area contributed by atoms with Crippen LogP contribution in [-0.4, -0.2) is 122 Å². The highest BCUT2D eigenvalue weighted by Crippen LogP contribution is 2.30. The largest absolute Gasteiger partial charge is 0.480 e. The van der Waals surface area contributed by atoms with Gasteiger partial charge in [0.25, 0.3) is 12.9 Å². The fraction of sp³-hybridized carbons (Fsp3) is 0.696. The van der Waals surface area contributed by atoms with E-state index in [4.69, 9.17) is 20.3 Å². The molecule has 220 valence electrons. The minimum Gasteiger partial charge on any atom is -0.480 e. The van der Waals surface area contributed by atoms with Gasteiger partial charge in [0, 0.05) is 18.6 Å². The van der Waals surface area contributed by atoms with E-state index in [9.17, 15) is 33.6 Å². The standard InChI is InChI=1S/C23H35N3O12S/c1-15-20(22(32)26(21(15)31)5-7-35-8-9-36-10-11-38-14-28)39-12-17(18(29)4-6-37-13-27)25-19(30)3-2-16(24)23(33)34/h13-17,20H,2-12,24H2,1H3,(H,25,30)(H,33,34). The van der Waals surface area contributed by atoms with Crippen molar-refractivity contribution in [3.05, 3.63) is 0 Å². The second-order valence-electron chi connectivity index (χ2n) is 8.35. The van der Waals surface area contributed by atoms with E-state index < -0.39 is 52.7 Å². The van der Waals surface area contributed by atoms with E-state index in [0.29, 0.717) is 6.47 Å². The third-order valence-corrected chi connectivity index (χ3v) is 7.06. The van der Waals surface area contributed by atoms with Crippen LogP contribution in [0.15, 0.2) is 0 Å². The Labute approximate surface area is 229 Å². The summed E-state index contributed by atoms with van der Waals surface area (Å²) in [6.45, 7) is 2.78. The van der Waals surface area contributed by atoms with Crippen LogP contribution in [0.5, 0.6) is 0 Å². The summed E-state index contributed by atoms with van der Waals surface area (Å²) >= 11 is 1.04. The molecule has 4 atom stereocenters. The van der Waals surface area contributed by atoms with Crippen molar-refractivity contribution in [2.24, 2.45) is 11.7 Å². The lowest BCUT2D eigenvalue weighted by atomic mass is 10.1. The van der Waals surface area contributed by atoms with Gasteiger partial charge in [-0.1, -0.05) is 6.92 Å². The number of carbonyl (C=O) groups is 7. The Bertz CT molecular complexity index is 858. The van der Waals surface area contributed by atoms with Crippen molar-refractivity contribution in [3.63, 3.8) is 0 Å². The number of hydrogen-bond acceptors (Lipinski definition) is 13. The van der Waals surface area contributed by atoms with Crippen LogP contribution in [0.25, 0.3) is 0 Å². The summed E-state index contributed by atoms with van der Waals surface area (Å²) in [4.78, 5) is 82.9. The summed E-state index contributed by atoms with van der Waals surface area (Å²) in [5, 5.41) is 10.6. The summed E-state index contributed by atoms with van der Waals surface area (Å²) in [6.07, 6.45) is -0.577. The molecule has 1 rings (SSSR count). The molecular weight excluding hydrogens is 542 g/mol. The van der Waals surface area contributed by atoms with E-state index in [1.165, 1.54) is 0 Å². The van der Waals surface area contributed by atoms with Gasteiger partial charge in [-0.05, 0) is 6.42 Å². The molecule has 1 saturated heterocycles. The number of thioether (sulfide) groups is 1. The first-order valence-corrected chi connectivity index (χ1v) is 13.2. The molecule has 0 aromatic heterocycles. The molecule has 0 aromatic rings. The lowest BCUT2D eigenvalue weighted by Gasteiger charge is -2.20. The van der Waals surface area contributed by atoms with Crippen LogP contribution in [0.1, 0.15) is 26.2 Å². The van der Waals surface area contributed by atoms with E-state index in [0.717, 1.165) is 16.7 Å². The van der Waals surface area contributed by atoms with Crippen molar-refractivity contribution in [3.8, 4) is 0 Å². The fourth-order valence-electron chi connectivity index (χ4n) is 3.39. The molecule has 3 amide bonds. The van der Waals surface area contributed by atoms with Gasteiger partial charge in [-0.15, -0.1) is 11.8 Å². The molecule has 4 unspecified atom stereocenters. The first-order chi connectivity index (χ1) is 18.6. The molecule has 1 aliphatic rings. The van der Waals surface area contributed by atoms with Crippen molar-refractivity contribution in [2.75, 3.05) is 51.9 Å². The molecule has 1 fully saturated rings. The van der Waals surface area contributed by atoms with Crippen LogP contribution in [-0.2, 0) is 52.5 Å². The molecule has 1 heterocycles. The van der Waals surface area contributed by atoms with Crippen LogP contribution in [0.4, 0.5) is 0 Å². The lowest BCUT2D eigenvalue weighted by molar-refractivity contribution is -0.141. The molecular formula is C23H35N3O12S. The Balaban J connectivity index is 2.62. The summed E-state index contributed by atoms with van der Waals surface area (Å²) in [5.74, 6) is -3.89. The normalized spacial score (nSPS) is 18.4. The zero-order valence-corrected chi connectivity index (χ0v) is 22.4.